The second-order valence-electron chi connectivity index (χ2n) is 5.99. The minimum Gasteiger partial charge on any atom is -0.382 e. The molecule has 1 heterocycles. The number of unbranched alkanes of at least 4 members (excludes halogenated alkanes) is 1. The molecule has 1 aliphatic heterocycles. The first kappa shape index (κ1) is 18.7. The molecule has 5 heteroatoms. The Bertz CT molecular complexity index is 505. The number of aliphatic imine (C=N–C) groups is 1. The first-order valence-corrected chi connectivity index (χ1v) is 9.02. The van der Waals surface area contributed by atoms with Gasteiger partial charge in [-0.15, -0.1) is 0 Å². The number of benzene rings is 1. The third-order valence-corrected chi connectivity index (χ3v) is 4.16. The molecule has 2 rings (SSSR count). The zero-order valence-corrected chi connectivity index (χ0v) is 15.1. The molecular weight excluding hydrogens is 302 g/mol. The monoisotopic (exact) mass is 333 g/mol. The predicted molar refractivity (Wildman–Crippen MR) is 98.5 cm³/mol. The number of nitrogens with one attached hydrogen (secondary N) is 1. The summed E-state index contributed by atoms with van der Waals surface area (Å²) in [5.41, 5.74) is 2.89. The van der Waals surface area contributed by atoms with Crippen molar-refractivity contribution >= 4 is 5.96 Å². The van der Waals surface area contributed by atoms with E-state index < -0.39 is 0 Å². The van der Waals surface area contributed by atoms with Crippen LogP contribution in [0.25, 0.3) is 0 Å². The van der Waals surface area contributed by atoms with Crippen LogP contribution in [-0.2, 0) is 22.4 Å². The fourth-order valence-corrected chi connectivity index (χ4v) is 2.85. The zero-order chi connectivity index (χ0) is 17.0. The van der Waals surface area contributed by atoms with Gasteiger partial charge in [-0.05, 0) is 37.3 Å². The van der Waals surface area contributed by atoms with Crippen LogP contribution in [0.4, 0.5) is 0 Å². The maximum atomic E-state index is 5.48. The van der Waals surface area contributed by atoms with Crippen LogP contribution < -0.4 is 5.32 Å². The summed E-state index contributed by atoms with van der Waals surface area (Å²) in [6.45, 7) is 7.97. The number of hydrogen-bond acceptors (Lipinski definition) is 3. The number of fused-ring (bicyclic) bond motifs is 1. The topological polar surface area (TPSA) is 46.1 Å². The van der Waals surface area contributed by atoms with Gasteiger partial charge >= 0.3 is 0 Å². The third kappa shape index (κ3) is 6.13. The number of ether oxygens (including phenoxy) is 2. The fourth-order valence-electron chi connectivity index (χ4n) is 2.85. The lowest BCUT2D eigenvalue weighted by atomic mass is 10.0. The number of methoxy groups -OCH3 is 1. The van der Waals surface area contributed by atoms with Gasteiger partial charge in [-0.3, -0.25) is 4.99 Å². The van der Waals surface area contributed by atoms with Gasteiger partial charge in [-0.25, -0.2) is 0 Å². The fraction of sp³-hybridized carbons (Fsp3) is 0.632. The predicted octanol–water partition coefficient (Wildman–Crippen LogP) is 2.45. The summed E-state index contributed by atoms with van der Waals surface area (Å²) in [5, 5.41) is 3.43. The molecule has 0 fully saturated rings. The van der Waals surface area contributed by atoms with Crippen LogP contribution in [0.15, 0.2) is 29.3 Å². The Morgan fingerprint density at radius 1 is 1.17 bits per heavy atom. The Balaban J connectivity index is 1.77. The van der Waals surface area contributed by atoms with E-state index in [1.807, 2.05) is 0 Å². The van der Waals surface area contributed by atoms with Crippen molar-refractivity contribution in [1.29, 1.82) is 0 Å². The van der Waals surface area contributed by atoms with Crippen LogP contribution in [0.1, 0.15) is 30.9 Å². The Labute approximate surface area is 146 Å². The van der Waals surface area contributed by atoms with E-state index in [0.717, 1.165) is 58.0 Å². The Hall–Kier alpha value is -1.59. The van der Waals surface area contributed by atoms with E-state index in [0.29, 0.717) is 13.2 Å². The van der Waals surface area contributed by atoms with Crippen LogP contribution in [0, 0.1) is 0 Å². The van der Waals surface area contributed by atoms with E-state index in [-0.39, 0.29) is 0 Å². The summed E-state index contributed by atoms with van der Waals surface area (Å²) in [5.74, 6) is 1.03. The van der Waals surface area contributed by atoms with Crippen LogP contribution in [-0.4, -0.2) is 57.4 Å². The molecule has 0 radical (unpaired) electrons. The lowest BCUT2D eigenvalue weighted by Crippen LogP contribution is -2.44. The summed E-state index contributed by atoms with van der Waals surface area (Å²) < 4.78 is 10.4. The van der Waals surface area contributed by atoms with Crippen molar-refractivity contribution in [3.05, 3.63) is 35.4 Å². The summed E-state index contributed by atoms with van der Waals surface area (Å²) in [7, 11) is 1.69. The molecule has 5 nitrogen and oxygen atoms in total. The Morgan fingerprint density at radius 3 is 2.79 bits per heavy atom. The van der Waals surface area contributed by atoms with E-state index >= 15 is 0 Å². The summed E-state index contributed by atoms with van der Waals surface area (Å²) in [4.78, 5) is 7.16. The highest BCUT2D eigenvalue weighted by atomic mass is 16.5. The molecule has 0 unspecified atom stereocenters. The normalized spacial score (nSPS) is 14.6. The largest absolute Gasteiger partial charge is 0.382 e. The maximum absolute atomic E-state index is 5.48. The summed E-state index contributed by atoms with van der Waals surface area (Å²) in [6.07, 6.45) is 3.18. The van der Waals surface area contributed by atoms with Crippen molar-refractivity contribution in [3.8, 4) is 0 Å². The van der Waals surface area contributed by atoms with Gasteiger partial charge in [-0.1, -0.05) is 24.3 Å². The molecule has 1 aromatic carbocycles. The molecule has 0 aromatic heterocycles. The van der Waals surface area contributed by atoms with E-state index in [2.05, 4.69) is 41.4 Å². The lowest BCUT2D eigenvalue weighted by Gasteiger charge is -2.31. The molecule has 1 N–H and O–H groups in total. The minimum atomic E-state index is 0.666. The average molecular weight is 333 g/mol. The number of nitrogens with zero attached hydrogens (tertiary/aromatic N) is 2. The van der Waals surface area contributed by atoms with Crippen molar-refractivity contribution in [1.82, 2.24) is 10.2 Å². The van der Waals surface area contributed by atoms with Crippen molar-refractivity contribution < 1.29 is 9.47 Å². The van der Waals surface area contributed by atoms with Gasteiger partial charge in [0.1, 0.15) is 0 Å². The van der Waals surface area contributed by atoms with Gasteiger partial charge in [-0.2, -0.15) is 0 Å². The van der Waals surface area contributed by atoms with Gasteiger partial charge in [0.15, 0.2) is 5.96 Å². The number of rotatable bonds is 9. The van der Waals surface area contributed by atoms with Crippen molar-refractivity contribution in [3.63, 3.8) is 0 Å². The molecular formula is C19H31N3O2. The average Bonchev–Trinajstić information content (AvgIpc) is 2.62. The number of hydrogen-bond donors (Lipinski definition) is 1. The van der Waals surface area contributed by atoms with Crippen molar-refractivity contribution in [2.24, 2.45) is 4.99 Å². The molecule has 0 spiro atoms. The molecule has 134 valence electrons. The van der Waals surface area contributed by atoms with E-state index in [1.54, 1.807) is 7.11 Å². The van der Waals surface area contributed by atoms with Gasteiger partial charge in [0.25, 0.3) is 0 Å². The second kappa shape index (κ2) is 11.0. The van der Waals surface area contributed by atoms with Crippen LogP contribution in [0.3, 0.4) is 0 Å². The highest BCUT2D eigenvalue weighted by Crippen LogP contribution is 2.18. The van der Waals surface area contributed by atoms with Crippen LogP contribution in [0.2, 0.25) is 0 Å². The molecule has 0 saturated carbocycles. The highest BCUT2D eigenvalue weighted by Gasteiger charge is 2.18. The Morgan fingerprint density at radius 2 is 2.00 bits per heavy atom. The van der Waals surface area contributed by atoms with Crippen LogP contribution in [0.5, 0.6) is 0 Å². The standard InChI is InChI=1S/C19H31N3O2/c1-3-20-19(21-11-6-7-13-24-15-14-23-2)22-12-10-17-8-4-5-9-18(17)16-22/h4-5,8-9H,3,6-7,10-16H2,1-2H3,(H,20,21). The smallest absolute Gasteiger partial charge is 0.194 e. The third-order valence-electron chi connectivity index (χ3n) is 4.16. The second-order valence-corrected chi connectivity index (χ2v) is 5.99. The lowest BCUT2D eigenvalue weighted by molar-refractivity contribution is 0.0690. The molecule has 1 aromatic rings. The van der Waals surface area contributed by atoms with Gasteiger partial charge in [0.2, 0.25) is 0 Å². The van der Waals surface area contributed by atoms with Crippen molar-refractivity contribution in [2.75, 3.05) is 46.6 Å². The Kier molecular flexibility index (Phi) is 8.63. The molecule has 0 atom stereocenters. The summed E-state index contributed by atoms with van der Waals surface area (Å²) >= 11 is 0. The van der Waals surface area contributed by atoms with E-state index in [1.165, 1.54) is 11.1 Å². The summed E-state index contributed by atoms with van der Waals surface area (Å²) in [6, 6.07) is 8.71. The first-order valence-electron chi connectivity index (χ1n) is 9.02. The van der Waals surface area contributed by atoms with Crippen molar-refractivity contribution in [2.45, 2.75) is 32.7 Å². The molecule has 0 amide bonds. The molecule has 0 saturated heterocycles. The zero-order valence-electron chi connectivity index (χ0n) is 15.1. The SMILES string of the molecule is CCNC(=NCCCCOCCOC)N1CCc2ccccc2C1. The molecule has 1 aliphatic rings. The van der Waals surface area contributed by atoms with E-state index in [9.17, 15) is 0 Å². The first-order chi connectivity index (χ1) is 11.8. The maximum Gasteiger partial charge on any atom is 0.194 e. The van der Waals surface area contributed by atoms with Gasteiger partial charge in [0.05, 0.1) is 13.2 Å². The molecule has 24 heavy (non-hydrogen) atoms. The highest BCUT2D eigenvalue weighted by molar-refractivity contribution is 5.80. The molecule has 0 aliphatic carbocycles. The van der Waals surface area contributed by atoms with Crippen LogP contribution >= 0.6 is 0 Å². The number of guanidine groups is 1. The quantitative estimate of drug-likeness (QED) is 0.428. The molecule has 0 bridgehead atoms. The van der Waals surface area contributed by atoms with Gasteiger partial charge in [0, 0.05) is 39.9 Å². The minimum absolute atomic E-state index is 0.666. The van der Waals surface area contributed by atoms with Gasteiger partial charge < -0.3 is 19.7 Å². The van der Waals surface area contributed by atoms with E-state index in [4.69, 9.17) is 14.5 Å².